The van der Waals surface area contributed by atoms with Crippen LogP contribution in [-0.2, 0) is 69.1 Å². The fraction of sp³-hybridized carbons (Fsp3) is 0.442. The van der Waals surface area contributed by atoms with E-state index < -0.39 is 126 Å². The first kappa shape index (κ1) is 50.5. The monoisotopic (exact) mass is 1020 g/mol. The van der Waals surface area contributed by atoms with Gasteiger partial charge in [0, 0.05) is 40.0 Å². The number of fused-ring (bicyclic) bond motifs is 4. The number of hydrogen-bond acceptors (Lipinski definition) is 8. The van der Waals surface area contributed by atoms with Crippen molar-refractivity contribution in [1.82, 2.24) is 29.9 Å². The summed E-state index contributed by atoms with van der Waals surface area (Å²) in [6.07, 6.45) is -7.80. The molecular weight excluding hydrogens is 984 g/mol. The second-order valence-corrected chi connectivity index (χ2v) is 22.3. The van der Waals surface area contributed by atoms with Gasteiger partial charge in [-0.05, 0) is 93.5 Å². The molecule has 0 bridgehead atoms. The van der Waals surface area contributed by atoms with Crippen molar-refractivity contribution in [3.63, 3.8) is 0 Å². The number of nitrogens with one attached hydrogen (secondary N) is 2. The predicted molar refractivity (Wildman–Crippen MR) is 229 cm³/mol. The van der Waals surface area contributed by atoms with Gasteiger partial charge in [0.2, 0.25) is 15.9 Å². The zero-order valence-electron chi connectivity index (χ0n) is 36.4. The maximum absolute atomic E-state index is 15.6. The molecule has 1 fully saturated rings. The van der Waals surface area contributed by atoms with Crippen molar-refractivity contribution in [2.24, 2.45) is 5.92 Å². The number of allylic oxidation sites excluding steroid dienone is 1. The molecule has 1 saturated carbocycles. The maximum Gasteiger partial charge on any atom is 0.435 e. The van der Waals surface area contributed by atoms with E-state index in [1.54, 1.807) is 0 Å². The van der Waals surface area contributed by atoms with Crippen molar-refractivity contribution < 1.29 is 65.5 Å². The number of hydrogen-bond donors (Lipinski definition) is 2. The summed E-state index contributed by atoms with van der Waals surface area (Å²) < 4.78 is 198. The first-order chi connectivity index (χ1) is 31.2. The van der Waals surface area contributed by atoms with Crippen LogP contribution in [0.5, 0.6) is 0 Å². The SMILES string of the molecule is C=C/C(c1c([C@H](Cc2cc(F)cc(F)c2)NC(=O)Cn2nc(C(F)(F)F)c3c2C(F)(F)[C@@H]2C[C@H]32)nc(C#CC(C)(C)S(C)(=O)=O)c2c1CCC2)=c1\c(=C(/C)Cl)c(NS(C)(=O)=O)nn1CC(F)(F)F. The van der Waals surface area contributed by atoms with E-state index in [4.69, 9.17) is 16.6 Å². The highest BCUT2D eigenvalue weighted by Crippen LogP contribution is 2.68. The number of sulfone groups is 1. The smallest absolute Gasteiger partial charge is 0.346 e. The van der Waals surface area contributed by atoms with Gasteiger partial charge < -0.3 is 5.32 Å². The number of nitrogens with zero attached hydrogens (tertiary/aromatic N) is 5. The van der Waals surface area contributed by atoms with Crippen LogP contribution in [-0.4, -0.2) is 70.7 Å². The van der Waals surface area contributed by atoms with Crippen molar-refractivity contribution in [2.75, 3.05) is 17.2 Å². The van der Waals surface area contributed by atoms with Crippen molar-refractivity contribution in [3.05, 3.63) is 104 Å². The third-order valence-corrected chi connectivity index (χ3v) is 14.6. The number of halogens is 11. The lowest BCUT2D eigenvalue weighted by atomic mass is 9.88. The number of sulfonamides is 1. The van der Waals surface area contributed by atoms with Crippen molar-refractivity contribution in [2.45, 2.75) is 101 Å². The molecule has 3 aromatic heterocycles. The van der Waals surface area contributed by atoms with Crippen LogP contribution in [0.25, 0.3) is 10.6 Å². The third kappa shape index (κ3) is 9.88. The second-order valence-electron chi connectivity index (χ2n) is 17.4. The van der Waals surface area contributed by atoms with Gasteiger partial charge in [0.15, 0.2) is 21.3 Å². The maximum atomic E-state index is 15.6. The molecule has 0 radical (unpaired) electrons. The zero-order chi connectivity index (χ0) is 50.4. The Balaban J connectivity index is 1.56. The molecule has 1 amide bonds. The number of pyridine rings is 1. The Morgan fingerprint density at radius 1 is 1.01 bits per heavy atom. The summed E-state index contributed by atoms with van der Waals surface area (Å²) in [5.41, 5.74) is -3.86. The summed E-state index contributed by atoms with van der Waals surface area (Å²) in [5, 5.41) is 8.73. The van der Waals surface area contributed by atoms with Crippen LogP contribution in [0.1, 0.15) is 96.2 Å². The molecular formula is C43H40ClF10N7O5S2. The topological polar surface area (TPSA) is 158 Å². The van der Waals surface area contributed by atoms with Crippen LogP contribution in [0.15, 0.2) is 30.9 Å². The number of carbonyl (C=O) groups is 1. The molecule has 12 nitrogen and oxygen atoms in total. The number of benzene rings is 1. The third-order valence-electron chi connectivity index (χ3n) is 11.9. The minimum Gasteiger partial charge on any atom is -0.346 e. The van der Waals surface area contributed by atoms with E-state index in [0.29, 0.717) is 29.0 Å². The van der Waals surface area contributed by atoms with E-state index in [1.807, 2.05) is 0 Å². The highest BCUT2D eigenvalue weighted by Gasteiger charge is 2.68. The average Bonchev–Trinajstić information content (AvgIpc) is 3.39. The first-order valence-electron chi connectivity index (χ1n) is 20.5. The van der Waals surface area contributed by atoms with Crippen LogP contribution in [0.2, 0.25) is 0 Å². The van der Waals surface area contributed by atoms with Gasteiger partial charge in [-0.1, -0.05) is 30.2 Å². The standard InChI is InChI=1S/C43H40ClF10N7O5S2/c1-7-24(36-32(20(2)44)39(59-68(6,65)66)58-61(36)19-41(47,48)49)33-26-10-8-9-25(26)29(11-12-40(3,4)67(5,63)64)56-35(33)30(15-21-13-22(45)16-23(46)14-21)55-31(62)18-60-38-34(37(57-60)43(52,53)54)27-17-28(27)42(38,50)51/h7,13-14,16,27-28,30H,1,8-10,15,17-19H2,2-6H3,(H,55,62)(H,58,59)/b32-20-,36-24-/t27-,28+,30-/m0/s1. The van der Waals surface area contributed by atoms with Crippen LogP contribution in [0.4, 0.5) is 49.7 Å². The predicted octanol–water partition coefficient (Wildman–Crippen LogP) is 6.43. The van der Waals surface area contributed by atoms with E-state index in [9.17, 15) is 56.8 Å². The number of amides is 1. The number of alkyl halides is 8. The van der Waals surface area contributed by atoms with Gasteiger partial charge >= 0.3 is 12.4 Å². The van der Waals surface area contributed by atoms with Gasteiger partial charge in [0.1, 0.15) is 40.9 Å². The molecule has 0 aliphatic heterocycles. The molecule has 25 heteroatoms. The van der Waals surface area contributed by atoms with Crippen LogP contribution in [0.3, 0.4) is 0 Å². The first-order valence-corrected chi connectivity index (χ1v) is 24.6. The van der Waals surface area contributed by atoms with E-state index in [-0.39, 0.29) is 67.8 Å². The lowest BCUT2D eigenvalue weighted by Crippen LogP contribution is -2.38. The molecule has 3 aliphatic carbocycles. The second kappa shape index (κ2) is 17.2. The summed E-state index contributed by atoms with van der Waals surface area (Å²) in [6.45, 7) is 4.57. The molecule has 4 aromatic rings. The molecule has 0 spiro atoms. The van der Waals surface area contributed by atoms with E-state index in [2.05, 4.69) is 38.7 Å². The molecule has 3 atom stereocenters. The Labute approximate surface area is 387 Å². The quantitative estimate of drug-likeness (QED) is 0.122. The average molecular weight is 1020 g/mol. The molecule has 68 heavy (non-hydrogen) atoms. The highest BCUT2D eigenvalue weighted by atomic mass is 35.5. The molecule has 366 valence electrons. The largest absolute Gasteiger partial charge is 0.435 e. The van der Waals surface area contributed by atoms with Gasteiger partial charge in [-0.3, -0.25) is 18.9 Å². The fourth-order valence-electron chi connectivity index (χ4n) is 8.70. The van der Waals surface area contributed by atoms with Crippen molar-refractivity contribution in [1.29, 1.82) is 0 Å². The lowest BCUT2D eigenvalue weighted by molar-refractivity contribution is -0.143. The summed E-state index contributed by atoms with van der Waals surface area (Å²) in [6, 6.07) is 0.516. The Kier molecular flexibility index (Phi) is 12.8. The highest BCUT2D eigenvalue weighted by molar-refractivity contribution is 7.92. The minimum atomic E-state index is -5.19. The molecule has 2 N–H and O–H groups in total. The van der Waals surface area contributed by atoms with Gasteiger partial charge in [-0.15, -0.1) is 0 Å². The van der Waals surface area contributed by atoms with E-state index >= 15 is 8.78 Å². The van der Waals surface area contributed by atoms with E-state index in [0.717, 1.165) is 24.5 Å². The minimum absolute atomic E-state index is 0.0920. The Morgan fingerprint density at radius 2 is 1.65 bits per heavy atom. The zero-order valence-corrected chi connectivity index (χ0v) is 38.8. The number of anilines is 1. The van der Waals surface area contributed by atoms with Gasteiger partial charge in [-0.25, -0.2) is 30.6 Å². The molecule has 7 rings (SSSR count). The summed E-state index contributed by atoms with van der Waals surface area (Å²) >= 11 is 6.52. The Morgan fingerprint density at radius 3 is 2.21 bits per heavy atom. The molecule has 0 saturated heterocycles. The lowest BCUT2D eigenvalue weighted by Gasteiger charge is -2.25. The summed E-state index contributed by atoms with van der Waals surface area (Å²) in [5.74, 6) is -5.14. The van der Waals surface area contributed by atoms with Crippen LogP contribution < -0.4 is 20.6 Å². The number of aromatic nitrogens is 5. The summed E-state index contributed by atoms with van der Waals surface area (Å²) in [4.78, 5) is 19.0. The van der Waals surface area contributed by atoms with E-state index in [1.165, 1.54) is 20.8 Å². The normalized spacial score (nSPS) is 19.0. The van der Waals surface area contributed by atoms with Crippen LogP contribution in [0, 0.1) is 29.4 Å². The van der Waals surface area contributed by atoms with Crippen molar-refractivity contribution >= 4 is 53.8 Å². The molecule has 1 aromatic carbocycles. The molecule has 0 unspecified atom stereocenters. The number of rotatable bonds is 12. The van der Waals surface area contributed by atoms with Gasteiger partial charge in [0.05, 0.1) is 28.6 Å². The Hall–Kier alpha value is -5.41. The number of carbonyl (C=O) groups excluding carboxylic acids is 1. The summed E-state index contributed by atoms with van der Waals surface area (Å²) in [7, 11) is -8.13. The fourth-order valence-corrected chi connectivity index (χ4v) is 9.61. The molecule has 3 aliphatic rings. The van der Waals surface area contributed by atoms with Crippen LogP contribution >= 0.6 is 11.6 Å². The van der Waals surface area contributed by atoms with Gasteiger partial charge in [0.25, 0.3) is 5.92 Å². The molecule has 3 heterocycles. The van der Waals surface area contributed by atoms with Crippen molar-refractivity contribution in [3.8, 4) is 11.8 Å². The Bertz CT molecular complexity index is 3200. The van der Waals surface area contributed by atoms with Gasteiger partial charge in [-0.2, -0.15) is 45.3 Å².